The monoisotopic (exact) mass is 366 g/mol. The molecule has 0 aliphatic carbocycles. The second kappa shape index (κ2) is 6.46. The van der Waals surface area contributed by atoms with Crippen molar-refractivity contribution < 1.29 is 0 Å². The quantitative estimate of drug-likeness (QED) is 0.562. The van der Waals surface area contributed by atoms with Crippen LogP contribution in [0.5, 0.6) is 0 Å². The van der Waals surface area contributed by atoms with Crippen LogP contribution in [0, 0.1) is 6.92 Å². The van der Waals surface area contributed by atoms with Crippen LogP contribution in [-0.2, 0) is 20.0 Å². The minimum atomic E-state index is -0.464. The average molecular weight is 366 g/mol. The molecule has 0 radical (unpaired) electrons. The summed E-state index contributed by atoms with van der Waals surface area (Å²) in [4.78, 5) is 31.0. The summed E-state index contributed by atoms with van der Waals surface area (Å²) in [7, 11) is 1.60. The van der Waals surface area contributed by atoms with Crippen LogP contribution in [-0.4, -0.2) is 30.0 Å². The first kappa shape index (κ1) is 17.1. The van der Waals surface area contributed by atoms with E-state index in [4.69, 9.17) is 0 Å². The lowest BCUT2D eigenvalue weighted by atomic mass is 10.1. The van der Waals surface area contributed by atoms with Crippen LogP contribution in [0.2, 0.25) is 0 Å². The summed E-state index contributed by atoms with van der Waals surface area (Å²) in [5.74, 6) is 0.653. The maximum absolute atomic E-state index is 12.3. The van der Waals surface area contributed by atoms with E-state index in [0.717, 1.165) is 24.3 Å². The number of para-hydroxylation sites is 1. The zero-order valence-electron chi connectivity index (χ0n) is 15.6. The number of rotatable bonds is 5. The van der Waals surface area contributed by atoms with Gasteiger partial charge >= 0.3 is 5.69 Å². The van der Waals surface area contributed by atoms with Gasteiger partial charge in [-0.2, -0.15) is 4.98 Å². The molecule has 0 saturated carbocycles. The number of anilines is 1. The number of imidazole rings is 2. The Morgan fingerprint density at radius 3 is 2.78 bits per heavy atom. The second-order valence-electron chi connectivity index (χ2n) is 6.63. The minimum absolute atomic E-state index is 0.386. The molecule has 2 N–H and O–H groups in total. The van der Waals surface area contributed by atoms with Crippen LogP contribution in [0.3, 0.4) is 0 Å². The van der Waals surface area contributed by atoms with Gasteiger partial charge in [-0.25, -0.2) is 4.79 Å². The summed E-state index contributed by atoms with van der Waals surface area (Å²) in [6, 6.07) is 8.27. The van der Waals surface area contributed by atoms with Gasteiger partial charge in [-0.15, -0.1) is 0 Å². The topological polar surface area (TPSA) is 89.1 Å². The molecule has 8 nitrogen and oxygen atoms in total. The van der Waals surface area contributed by atoms with E-state index in [2.05, 4.69) is 34.3 Å². The molecule has 8 heteroatoms. The highest BCUT2D eigenvalue weighted by Gasteiger charge is 2.17. The fourth-order valence-electron chi connectivity index (χ4n) is 3.50. The number of hydrogen-bond acceptors (Lipinski definition) is 4. The van der Waals surface area contributed by atoms with Crippen molar-refractivity contribution in [1.82, 2.24) is 23.5 Å². The third-order valence-electron chi connectivity index (χ3n) is 4.96. The van der Waals surface area contributed by atoms with Gasteiger partial charge in [-0.05, 0) is 25.0 Å². The van der Waals surface area contributed by atoms with E-state index in [0.29, 0.717) is 23.5 Å². The number of fused-ring (bicyclic) bond motifs is 3. The number of aryl methyl sites for hydroxylation is 3. The van der Waals surface area contributed by atoms with Crippen LogP contribution in [0.15, 0.2) is 40.1 Å². The first-order chi connectivity index (χ1) is 13.0. The number of aromatic nitrogens is 5. The molecular formula is C19H22N6O2. The molecule has 0 aliphatic rings. The Morgan fingerprint density at radius 1 is 1.22 bits per heavy atom. The Balaban J connectivity index is 1.70. The first-order valence-corrected chi connectivity index (χ1v) is 9.00. The molecule has 0 saturated heterocycles. The van der Waals surface area contributed by atoms with E-state index < -0.39 is 11.2 Å². The largest absolute Gasteiger partial charge is 0.383 e. The maximum atomic E-state index is 12.3. The average Bonchev–Trinajstić information content (AvgIpc) is 3.16. The Morgan fingerprint density at radius 2 is 2.00 bits per heavy atom. The summed E-state index contributed by atoms with van der Waals surface area (Å²) in [5.41, 5.74) is 3.29. The van der Waals surface area contributed by atoms with Crippen molar-refractivity contribution in [3.8, 4) is 0 Å². The first-order valence-electron chi connectivity index (χ1n) is 9.00. The van der Waals surface area contributed by atoms with Crippen LogP contribution in [0.25, 0.3) is 16.9 Å². The van der Waals surface area contributed by atoms with Gasteiger partial charge in [0.2, 0.25) is 5.78 Å². The molecule has 140 valence electrons. The summed E-state index contributed by atoms with van der Waals surface area (Å²) < 4.78 is 5.16. The number of nitrogens with zero attached hydrogens (tertiary/aromatic N) is 4. The zero-order chi connectivity index (χ0) is 19.1. The van der Waals surface area contributed by atoms with Gasteiger partial charge in [0.1, 0.15) is 0 Å². The molecule has 4 aromatic rings. The maximum Gasteiger partial charge on any atom is 0.329 e. The second-order valence-corrected chi connectivity index (χ2v) is 6.63. The number of nitrogens with one attached hydrogen (secondary N) is 2. The summed E-state index contributed by atoms with van der Waals surface area (Å²) in [5, 5.41) is 3.48. The van der Waals surface area contributed by atoms with Crippen LogP contribution < -0.4 is 16.6 Å². The van der Waals surface area contributed by atoms with Gasteiger partial charge in [0.25, 0.3) is 5.56 Å². The molecule has 0 amide bonds. The van der Waals surface area contributed by atoms with Gasteiger partial charge in [-0.3, -0.25) is 18.7 Å². The van der Waals surface area contributed by atoms with Crippen molar-refractivity contribution in [2.75, 3.05) is 11.9 Å². The van der Waals surface area contributed by atoms with Crippen molar-refractivity contribution in [2.24, 2.45) is 7.05 Å². The Kier molecular flexibility index (Phi) is 4.10. The molecule has 0 unspecified atom stereocenters. The van der Waals surface area contributed by atoms with Crippen molar-refractivity contribution >= 4 is 22.6 Å². The Bertz CT molecular complexity index is 1260. The predicted molar refractivity (Wildman–Crippen MR) is 106 cm³/mol. The summed E-state index contributed by atoms with van der Waals surface area (Å²) in [6.45, 7) is 5.53. The molecular weight excluding hydrogens is 344 g/mol. The molecule has 0 bridgehead atoms. The molecule has 27 heavy (non-hydrogen) atoms. The van der Waals surface area contributed by atoms with Gasteiger partial charge in [-0.1, -0.05) is 25.1 Å². The number of aromatic amines is 1. The van der Waals surface area contributed by atoms with Crippen LogP contribution in [0.4, 0.5) is 5.69 Å². The van der Waals surface area contributed by atoms with Crippen molar-refractivity contribution in [3.63, 3.8) is 0 Å². The van der Waals surface area contributed by atoms with Crippen LogP contribution in [0.1, 0.15) is 18.2 Å². The minimum Gasteiger partial charge on any atom is -0.383 e. The van der Waals surface area contributed by atoms with E-state index in [1.165, 1.54) is 10.1 Å². The third-order valence-corrected chi connectivity index (χ3v) is 4.96. The van der Waals surface area contributed by atoms with E-state index in [1.807, 2.05) is 29.8 Å². The highest BCUT2D eigenvalue weighted by Crippen LogP contribution is 2.17. The molecule has 0 aliphatic heterocycles. The standard InChI is InChI=1S/C19H22N6O2/c1-4-13-7-5-6-8-14(13)20-9-10-24-12(2)11-25-15-16(21-18(24)25)23(3)19(27)22-17(15)26/h5-8,11,20H,4,9-10H2,1-3H3,(H,22,26,27). The fourth-order valence-corrected chi connectivity index (χ4v) is 3.50. The molecule has 0 atom stereocenters. The lowest BCUT2D eigenvalue weighted by Crippen LogP contribution is -2.28. The molecule has 3 aromatic heterocycles. The Hall–Kier alpha value is -3.29. The normalized spacial score (nSPS) is 11.5. The molecule has 0 fully saturated rings. The van der Waals surface area contributed by atoms with E-state index in [1.54, 1.807) is 11.4 Å². The Labute approximate surface area is 155 Å². The van der Waals surface area contributed by atoms with E-state index in [-0.39, 0.29) is 0 Å². The number of hydrogen-bond donors (Lipinski definition) is 2. The molecule has 4 rings (SSSR count). The fraction of sp³-hybridized carbons (Fsp3) is 0.316. The van der Waals surface area contributed by atoms with Crippen LogP contribution >= 0.6 is 0 Å². The van der Waals surface area contributed by atoms with Crippen molar-refractivity contribution in [2.45, 2.75) is 26.8 Å². The highest BCUT2D eigenvalue weighted by molar-refractivity contribution is 5.75. The highest BCUT2D eigenvalue weighted by atomic mass is 16.2. The lowest BCUT2D eigenvalue weighted by molar-refractivity contribution is 0.723. The zero-order valence-corrected chi connectivity index (χ0v) is 15.6. The van der Waals surface area contributed by atoms with Gasteiger partial charge in [0, 0.05) is 37.7 Å². The third kappa shape index (κ3) is 2.73. The molecule has 0 spiro atoms. The lowest BCUT2D eigenvalue weighted by Gasteiger charge is -2.12. The van der Waals surface area contributed by atoms with Gasteiger partial charge in [0.05, 0.1) is 0 Å². The van der Waals surface area contributed by atoms with Gasteiger partial charge in [0.15, 0.2) is 11.2 Å². The molecule has 1 aromatic carbocycles. The molecule has 3 heterocycles. The van der Waals surface area contributed by atoms with Crippen molar-refractivity contribution in [1.29, 1.82) is 0 Å². The SMILES string of the molecule is CCc1ccccc1NCCn1c(C)cn2c3c(=O)[nH]c(=O)n(C)c3nc12. The van der Waals surface area contributed by atoms with Gasteiger partial charge < -0.3 is 9.88 Å². The summed E-state index contributed by atoms with van der Waals surface area (Å²) >= 11 is 0. The predicted octanol–water partition coefficient (Wildman–Crippen LogP) is 1.66. The number of H-pyrrole nitrogens is 1. The van der Waals surface area contributed by atoms with Crippen molar-refractivity contribution in [3.05, 3.63) is 62.6 Å². The number of benzene rings is 1. The van der Waals surface area contributed by atoms with E-state index >= 15 is 0 Å². The smallest absolute Gasteiger partial charge is 0.329 e. The van der Waals surface area contributed by atoms with E-state index in [9.17, 15) is 9.59 Å². The summed E-state index contributed by atoms with van der Waals surface area (Å²) in [6.07, 6.45) is 2.85.